The summed E-state index contributed by atoms with van der Waals surface area (Å²) < 4.78 is 13.7. The van der Waals surface area contributed by atoms with Crippen LogP contribution in [0.25, 0.3) is 0 Å². The minimum absolute atomic E-state index is 0. The van der Waals surface area contributed by atoms with Gasteiger partial charge >= 0.3 is 0 Å². The molecule has 8 nitrogen and oxygen atoms in total. The molecule has 1 N–H and O–H groups in total. The normalized spacial score (nSPS) is 18.2. The van der Waals surface area contributed by atoms with Gasteiger partial charge in [0.2, 0.25) is 5.88 Å². The molecule has 1 fully saturated rings. The second-order valence-electron chi connectivity index (χ2n) is 8.18. The predicted octanol–water partition coefficient (Wildman–Crippen LogP) is 4.75. The molecule has 1 saturated heterocycles. The molecule has 0 aliphatic carbocycles. The number of nitrogens with zero attached hydrogens (tertiary/aromatic N) is 5. The van der Waals surface area contributed by atoms with E-state index in [1.807, 2.05) is 75.3 Å². The molecule has 3 aromatic rings. The fourth-order valence-corrected chi connectivity index (χ4v) is 4.11. The number of pyridine rings is 1. The molecule has 2 aromatic heterocycles. The quantitative estimate of drug-likeness (QED) is 0.249. The lowest BCUT2D eigenvalue weighted by Gasteiger charge is -2.39. The van der Waals surface area contributed by atoms with Crippen LogP contribution in [0.2, 0.25) is 0 Å². The predicted molar refractivity (Wildman–Crippen MR) is 144 cm³/mol. The molecular weight excluding hydrogens is 543 g/mol. The van der Waals surface area contributed by atoms with Crippen molar-refractivity contribution < 1.29 is 9.47 Å². The smallest absolute Gasteiger partial charge is 0.219 e. The van der Waals surface area contributed by atoms with Crippen LogP contribution >= 0.6 is 24.0 Å². The number of piperidine rings is 1. The van der Waals surface area contributed by atoms with Crippen LogP contribution in [0.3, 0.4) is 0 Å². The molecule has 0 radical (unpaired) electrons. The van der Waals surface area contributed by atoms with Crippen molar-refractivity contribution in [1.29, 1.82) is 0 Å². The fourth-order valence-electron chi connectivity index (χ4n) is 4.11. The van der Waals surface area contributed by atoms with Crippen molar-refractivity contribution in [2.75, 3.05) is 26.7 Å². The molecule has 4 rings (SSSR count). The second kappa shape index (κ2) is 12.6. The maximum atomic E-state index is 5.92. The van der Waals surface area contributed by atoms with E-state index in [0.717, 1.165) is 31.0 Å². The van der Waals surface area contributed by atoms with Crippen LogP contribution in [-0.4, -0.2) is 52.1 Å². The zero-order valence-corrected chi connectivity index (χ0v) is 22.3. The van der Waals surface area contributed by atoms with Crippen molar-refractivity contribution >= 4 is 29.9 Å². The lowest BCUT2D eigenvalue weighted by atomic mass is 9.93. The Labute approximate surface area is 218 Å². The van der Waals surface area contributed by atoms with Crippen molar-refractivity contribution in [2.24, 2.45) is 10.9 Å². The van der Waals surface area contributed by atoms with E-state index >= 15 is 0 Å². The van der Waals surface area contributed by atoms with Crippen molar-refractivity contribution in [3.63, 3.8) is 0 Å². The van der Waals surface area contributed by atoms with Gasteiger partial charge in [-0.2, -0.15) is 0 Å². The lowest BCUT2D eigenvalue weighted by molar-refractivity contribution is 0.189. The second-order valence-corrected chi connectivity index (χ2v) is 8.18. The van der Waals surface area contributed by atoms with E-state index in [2.05, 4.69) is 36.7 Å². The Kier molecular flexibility index (Phi) is 9.55. The van der Waals surface area contributed by atoms with E-state index in [9.17, 15) is 0 Å². The monoisotopic (exact) mass is 576 g/mol. The van der Waals surface area contributed by atoms with Crippen LogP contribution in [-0.2, 0) is 6.54 Å². The number of para-hydroxylation sites is 2. The van der Waals surface area contributed by atoms with Gasteiger partial charge in [0, 0.05) is 51.3 Å². The number of benzene rings is 1. The highest BCUT2D eigenvalue weighted by atomic mass is 127. The number of hydrogen-bond donors (Lipinski definition) is 1. The van der Waals surface area contributed by atoms with Crippen molar-refractivity contribution in [3.05, 3.63) is 66.9 Å². The standard InChI is InChI=1S/C25H32N6O2.HI/c1-4-32-22-7-5-6-8-23(22)33-24-10-9-20(15-28-24)16-29-25(26-3)30-13-11-19(2)21(17-30)31-14-12-27-18-31;/h5-10,12,14-15,18-19,21H,4,11,13,16-17H2,1-3H3,(H,26,29);1H. The number of aliphatic imine (C=N–C) groups is 1. The average molecular weight is 576 g/mol. The minimum atomic E-state index is 0. The van der Waals surface area contributed by atoms with E-state index in [-0.39, 0.29) is 24.0 Å². The number of imidazole rings is 1. The van der Waals surface area contributed by atoms with E-state index in [1.54, 1.807) is 0 Å². The number of ether oxygens (including phenoxy) is 2. The van der Waals surface area contributed by atoms with Crippen LogP contribution in [0.1, 0.15) is 31.9 Å². The van der Waals surface area contributed by atoms with Crippen LogP contribution in [0.15, 0.2) is 66.3 Å². The number of guanidine groups is 1. The van der Waals surface area contributed by atoms with Gasteiger partial charge in [0.15, 0.2) is 17.5 Å². The van der Waals surface area contributed by atoms with E-state index in [0.29, 0.717) is 42.5 Å². The zero-order chi connectivity index (χ0) is 23.0. The molecule has 2 unspecified atom stereocenters. The highest BCUT2D eigenvalue weighted by Crippen LogP contribution is 2.30. The van der Waals surface area contributed by atoms with E-state index < -0.39 is 0 Å². The van der Waals surface area contributed by atoms with Gasteiger partial charge in [0.1, 0.15) is 0 Å². The first-order chi connectivity index (χ1) is 16.2. The Morgan fingerprint density at radius 2 is 2.03 bits per heavy atom. The molecular formula is C25H33IN6O2. The highest BCUT2D eigenvalue weighted by Gasteiger charge is 2.28. The third kappa shape index (κ3) is 6.40. The van der Waals surface area contributed by atoms with Crippen LogP contribution in [0, 0.1) is 5.92 Å². The summed E-state index contributed by atoms with van der Waals surface area (Å²) >= 11 is 0. The zero-order valence-electron chi connectivity index (χ0n) is 19.9. The molecule has 1 aromatic carbocycles. The van der Waals surface area contributed by atoms with Crippen molar-refractivity contribution in [1.82, 2.24) is 24.8 Å². The Hall–Kier alpha value is -2.82. The van der Waals surface area contributed by atoms with Crippen molar-refractivity contribution in [3.8, 4) is 17.4 Å². The van der Waals surface area contributed by atoms with Crippen LogP contribution in [0.4, 0.5) is 0 Å². The molecule has 1 aliphatic rings. The molecule has 0 amide bonds. The van der Waals surface area contributed by atoms with Gasteiger partial charge in [-0.3, -0.25) is 4.99 Å². The van der Waals surface area contributed by atoms with Gasteiger partial charge in [-0.05, 0) is 37.0 Å². The van der Waals surface area contributed by atoms with Gasteiger partial charge in [-0.15, -0.1) is 24.0 Å². The number of likely N-dealkylation sites (tertiary alicyclic amines) is 1. The summed E-state index contributed by atoms with van der Waals surface area (Å²) in [6.45, 7) is 7.36. The first-order valence-electron chi connectivity index (χ1n) is 11.5. The van der Waals surface area contributed by atoms with Gasteiger partial charge < -0.3 is 24.3 Å². The Balaban J connectivity index is 0.00000324. The summed E-state index contributed by atoms with van der Waals surface area (Å²) in [7, 11) is 1.83. The molecule has 0 bridgehead atoms. The molecule has 9 heteroatoms. The molecule has 1 aliphatic heterocycles. The molecule has 182 valence electrons. The maximum absolute atomic E-state index is 5.92. The summed E-state index contributed by atoms with van der Waals surface area (Å²) in [5.74, 6) is 3.39. The molecule has 3 heterocycles. The van der Waals surface area contributed by atoms with Gasteiger partial charge in [0.05, 0.1) is 19.0 Å². The molecule has 2 atom stereocenters. The van der Waals surface area contributed by atoms with E-state index in [4.69, 9.17) is 9.47 Å². The topological polar surface area (TPSA) is 76.8 Å². The summed E-state index contributed by atoms with van der Waals surface area (Å²) in [6, 6.07) is 11.9. The third-order valence-corrected chi connectivity index (χ3v) is 5.95. The molecule has 0 saturated carbocycles. The molecule has 34 heavy (non-hydrogen) atoms. The largest absolute Gasteiger partial charge is 0.490 e. The SMILES string of the molecule is CCOc1ccccc1Oc1ccc(CNC(=NC)N2CCC(C)C(n3ccnc3)C2)cn1.I. The Morgan fingerprint density at radius 3 is 2.71 bits per heavy atom. The van der Waals surface area contributed by atoms with Crippen LogP contribution < -0.4 is 14.8 Å². The van der Waals surface area contributed by atoms with Gasteiger partial charge in [-0.1, -0.05) is 25.1 Å². The van der Waals surface area contributed by atoms with Gasteiger partial charge in [-0.25, -0.2) is 9.97 Å². The Bertz CT molecular complexity index is 1040. The average Bonchev–Trinajstić information content (AvgIpc) is 3.37. The Morgan fingerprint density at radius 1 is 1.21 bits per heavy atom. The lowest BCUT2D eigenvalue weighted by Crippen LogP contribution is -2.48. The fraction of sp³-hybridized carbons (Fsp3) is 0.400. The highest BCUT2D eigenvalue weighted by molar-refractivity contribution is 14.0. The van der Waals surface area contributed by atoms with Crippen LogP contribution in [0.5, 0.6) is 17.4 Å². The summed E-state index contributed by atoms with van der Waals surface area (Å²) in [5, 5.41) is 3.48. The first-order valence-corrected chi connectivity index (χ1v) is 11.5. The minimum Gasteiger partial charge on any atom is -0.490 e. The summed E-state index contributed by atoms with van der Waals surface area (Å²) in [4.78, 5) is 15.5. The van der Waals surface area contributed by atoms with Crippen molar-refractivity contribution in [2.45, 2.75) is 32.9 Å². The maximum Gasteiger partial charge on any atom is 0.219 e. The van der Waals surface area contributed by atoms with Gasteiger partial charge in [0.25, 0.3) is 0 Å². The number of aromatic nitrogens is 3. The number of rotatable bonds is 7. The summed E-state index contributed by atoms with van der Waals surface area (Å²) in [6.07, 6.45) is 8.73. The summed E-state index contributed by atoms with van der Waals surface area (Å²) in [5.41, 5.74) is 1.05. The number of halogens is 1. The molecule has 0 spiro atoms. The van der Waals surface area contributed by atoms with E-state index in [1.165, 1.54) is 0 Å². The first kappa shape index (κ1) is 25.8. The number of hydrogen-bond acceptors (Lipinski definition) is 5. The third-order valence-electron chi connectivity index (χ3n) is 5.95. The number of nitrogens with one attached hydrogen (secondary N) is 1.